The Kier molecular flexibility index (Phi) is 4.05. The van der Waals surface area contributed by atoms with Gasteiger partial charge in [0.25, 0.3) is 0 Å². The normalized spacial score (nSPS) is 11.6. The van der Waals surface area contributed by atoms with E-state index in [1.54, 1.807) is 48.9 Å². The van der Waals surface area contributed by atoms with Crippen molar-refractivity contribution in [2.75, 3.05) is 0 Å². The number of rotatable bonds is 4. The molecule has 0 saturated carbocycles. The lowest BCUT2D eigenvalue weighted by atomic mass is 10.2. The molecular formula is C15H12F3N5. The molecule has 0 saturated heterocycles. The fraction of sp³-hybridized carbons (Fsp3) is 0.200. The summed E-state index contributed by atoms with van der Waals surface area (Å²) in [4.78, 5) is 12.3. The van der Waals surface area contributed by atoms with Crippen LogP contribution in [0.5, 0.6) is 0 Å². The molecule has 0 fully saturated rings. The molecule has 0 spiro atoms. The van der Waals surface area contributed by atoms with Crippen LogP contribution >= 0.6 is 0 Å². The first-order valence-electron chi connectivity index (χ1n) is 6.87. The molecule has 0 bridgehead atoms. The van der Waals surface area contributed by atoms with E-state index in [-0.39, 0.29) is 12.2 Å². The minimum atomic E-state index is -4.25. The van der Waals surface area contributed by atoms with Crippen molar-refractivity contribution in [2.45, 2.75) is 19.0 Å². The van der Waals surface area contributed by atoms with Crippen molar-refractivity contribution in [3.63, 3.8) is 0 Å². The van der Waals surface area contributed by atoms with Crippen molar-refractivity contribution < 1.29 is 13.2 Å². The Bertz CT molecular complexity index is 769. The van der Waals surface area contributed by atoms with E-state index >= 15 is 0 Å². The first kappa shape index (κ1) is 15.1. The number of halogens is 3. The highest BCUT2D eigenvalue weighted by molar-refractivity contribution is 5.53. The molecule has 0 amide bonds. The van der Waals surface area contributed by atoms with Crippen molar-refractivity contribution in [3.8, 4) is 17.2 Å². The molecule has 5 nitrogen and oxygen atoms in total. The fourth-order valence-corrected chi connectivity index (χ4v) is 2.05. The zero-order valence-corrected chi connectivity index (χ0v) is 11.9. The van der Waals surface area contributed by atoms with Crippen LogP contribution in [0.1, 0.15) is 12.2 Å². The SMILES string of the molecule is FC(F)(F)CCc1nc(-c2ccncc2)nn1-c1ccccn1. The van der Waals surface area contributed by atoms with Gasteiger partial charge in [-0.1, -0.05) is 6.07 Å². The van der Waals surface area contributed by atoms with E-state index < -0.39 is 12.6 Å². The molecule has 3 aromatic heterocycles. The quantitative estimate of drug-likeness (QED) is 0.741. The average molecular weight is 319 g/mol. The standard InChI is InChI=1S/C15H12F3N5/c16-15(17,18)7-4-13-21-14(11-5-9-19-10-6-11)22-23(13)12-3-1-2-8-20-12/h1-3,5-6,8-10H,4,7H2. The minimum Gasteiger partial charge on any atom is -0.265 e. The van der Waals surface area contributed by atoms with Crippen LogP contribution in [0.4, 0.5) is 13.2 Å². The number of nitrogens with zero attached hydrogens (tertiary/aromatic N) is 5. The number of alkyl halides is 3. The summed E-state index contributed by atoms with van der Waals surface area (Å²) in [7, 11) is 0. The molecule has 0 atom stereocenters. The van der Waals surface area contributed by atoms with Crippen molar-refractivity contribution >= 4 is 0 Å². The highest BCUT2D eigenvalue weighted by atomic mass is 19.4. The largest absolute Gasteiger partial charge is 0.389 e. The van der Waals surface area contributed by atoms with Crippen LogP contribution < -0.4 is 0 Å². The molecule has 118 valence electrons. The van der Waals surface area contributed by atoms with E-state index in [1.807, 2.05) is 0 Å². The molecular weight excluding hydrogens is 307 g/mol. The third kappa shape index (κ3) is 3.71. The summed E-state index contributed by atoms with van der Waals surface area (Å²) in [5.74, 6) is 0.987. The van der Waals surface area contributed by atoms with Gasteiger partial charge in [0.15, 0.2) is 11.6 Å². The van der Waals surface area contributed by atoms with Crippen LogP contribution in [0.25, 0.3) is 17.2 Å². The Morgan fingerprint density at radius 1 is 1.00 bits per heavy atom. The first-order chi connectivity index (χ1) is 11.0. The van der Waals surface area contributed by atoms with Crippen molar-refractivity contribution in [1.29, 1.82) is 0 Å². The van der Waals surface area contributed by atoms with Crippen molar-refractivity contribution in [3.05, 3.63) is 54.7 Å². The van der Waals surface area contributed by atoms with Gasteiger partial charge in [0.2, 0.25) is 0 Å². The van der Waals surface area contributed by atoms with Gasteiger partial charge >= 0.3 is 6.18 Å². The van der Waals surface area contributed by atoms with E-state index in [2.05, 4.69) is 20.1 Å². The smallest absolute Gasteiger partial charge is 0.265 e. The van der Waals surface area contributed by atoms with Crippen LogP contribution in [0.15, 0.2) is 48.9 Å². The van der Waals surface area contributed by atoms with Crippen LogP contribution in [-0.2, 0) is 6.42 Å². The molecule has 3 aromatic rings. The predicted molar refractivity (Wildman–Crippen MR) is 76.8 cm³/mol. The maximum absolute atomic E-state index is 12.5. The summed E-state index contributed by atoms with van der Waals surface area (Å²) in [5, 5.41) is 4.30. The highest BCUT2D eigenvalue weighted by Gasteiger charge is 2.28. The second-order valence-electron chi connectivity index (χ2n) is 4.80. The van der Waals surface area contributed by atoms with Gasteiger partial charge in [-0.2, -0.15) is 17.9 Å². The van der Waals surface area contributed by atoms with E-state index in [9.17, 15) is 13.2 Å². The molecule has 0 N–H and O–H groups in total. The van der Waals surface area contributed by atoms with Gasteiger partial charge in [0.05, 0.1) is 6.42 Å². The zero-order chi connectivity index (χ0) is 16.3. The third-order valence-electron chi connectivity index (χ3n) is 3.11. The summed E-state index contributed by atoms with van der Waals surface area (Å²) in [6, 6.07) is 8.53. The predicted octanol–water partition coefficient (Wildman–Crippen LogP) is 3.22. The van der Waals surface area contributed by atoms with E-state index in [1.165, 1.54) is 4.68 Å². The van der Waals surface area contributed by atoms with Gasteiger partial charge in [-0.15, -0.1) is 5.10 Å². The highest BCUT2D eigenvalue weighted by Crippen LogP contribution is 2.23. The van der Waals surface area contributed by atoms with Crippen LogP contribution in [0.2, 0.25) is 0 Å². The van der Waals surface area contributed by atoms with Crippen LogP contribution in [-0.4, -0.2) is 30.9 Å². The maximum Gasteiger partial charge on any atom is 0.389 e. The number of aromatic nitrogens is 5. The Labute approximate surface area is 129 Å². The lowest BCUT2D eigenvalue weighted by Crippen LogP contribution is -2.12. The molecule has 8 heteroatoms. The molecule has 0 aliphatic rings. The Morgan fingerprint density at radius 2 is 1.78 bits per heavy atom. The molecule has 0 aliphatic heterocycles. The second-order valence-corrected chi connectivity index (χ2v) is 4.80. The number of pyridine rings is 2. The molecule has 0 aromatic carbocycles. The van der Waals surface area contributed by atoms with Gasteiger partial charge in [-0.05, 0) is 24.3 Å². The Balaban J connectivity index is 2.00. The van der Waals surface area contributed by atoms with Gasteiger partial charge < -0.3 is 0 Å². The van der Waals surface area contributed by atoms with Crippen molar-refractivity contribution in [2.24, 2.45) is 0 Å². The van der Waals surface area contributed by atoms with Crippen LogP contribution in [0, 0.1) is 0 Å². The molecule has 0 unspecified atom stereocenters. The van der Waals surface area contributed by atoms with Gasteiger partial charge in [0.1, 0.15) is 5.82 Å². The Morgan fingerprint density at radius 3 is 2.43 bits per heavy atom. The van der Waals surface area contributed by atoms with Gasteiger partial charge in [-0.25, -0.2) is 9.97 Å². The summed E-state index contributed by atoms with van der Waals surface area (Å²) >= 11 is 0. The lowest BCUT2D eigenvalue weighted by molar-refractivity contribution is -0.134. The minimum absolute atomic E-state index is 0.216. The molecule has 0 aliphatic carbocycles. The topological polar surface area (TPSA) is 56.5 Å². The van der Waals surface area contributed by atoms with Gasteiger partial charge in [0, 0.05) is 30.6 Å². The summed E-state index contributed by atoms with van der Waals surface area (Å²) < 4.78 is 38.9. The maximum atomic E-state index is 12.5. The Hall–Kier alpha value is -2.77. The summed E-state index contributed by atoms with van der Waals surface area (Å²) in [6.07, 6.45) is -0.779. The summed E-state index contributed by atoms with van der Waals surface area (Å²) in [5.41, 5.74) is 0.683. The number of aryl methyl sites for hydroxylation is 1. The molecule has 3 heterocycles. The number of hydrogen-bond donors (Lipinski definition) is 0. The summed E-state index contributed by atoms with van der Waals surface area (Å²) in [6.45, 7) is 0. The molecule has 3 rings (SSSR count). The third-order valence-corrected chi connectivity index (χ3v) is 3.11. The second kappa shape index (κ2) is 6.15. The van der Waals surface area contributed by atoms with E-state index in [4.69, 9.17) is 0 Å². The van der Waals surface area contributed by atoms with Crippen LogP contribution in [0.3, 0.4) is 0 Å². The first-order valence-corrected chi connectivity index (χ1v) is 6.87. The van der Waals surface area contributed by atoms with E-state index in [0.29, 0.717) is 17.2 Å². The lowest BCUT2D eigenvalue weighted by Gasteiger charge is -2.06. The van der Waals surface area contributed by atoms with E-state index in [0.717, 1.165) is 0 Å². The average Bonchev–Trinajstić information content (AvgIpc) is 2.98. The number of hydrogen-bond acceptors (Lipinski definition) is 4. The molecule has 23 heavy (non-hydrogen) atoms. The molecule has 0 radical (unpaired) electrons. The monoisotopic (exact) mass is 319 g/mol. The van der Waals surface area contributed by atoms with Crippen molar-refractivity contribution in [1.82, 2.24) is 24.7 Å². The van der Waals surface area contributed by atoms with Gasteiger partial charge in [-0.3, -0.25) is 4.98 Å². The fourth-order valence-electron chi connectivity index (χ4n) is 2.05. The zero-order valence-electron chi connectivity index (χ0n) is 11.9.